The summed E-state index contributed by atoms with van der Waals surface area (Å²) in [6, 6.07) is 13.8. The van der Waals surface area contributed by atoms with E-state index < -0.39 is 61.1 Å². The lowest BCUT2D eigenvalue weighted by Crippen LogP contribution is -2.59. The van der Waals surface area contributed by atoms with Gasteiger partial charge >= 0.3 is 5.97 Å². The summed E-state index contributed by atoms with van der Waals surface area (Å²) in [6.45, 7) is -0.0446. The Morgan fingerprint density at radius 2 is 1.70 bits per heavy atom. The highest BCUT2D eigenvalue weighted by Crippen LogP contribution is 2.46. The number of nitrogens with one attached hydrogen (secondary N) is 2. The zero-order valence-corrected chi connectivity index (χ0v) is 26.3. The second-order valence-corrected chi connectivity index (χ2v) is 11.8. The number of esters is 1. The first-order chi connectivity index (χ1) is 22.3. The van der Waals surface area contributed by atoms with Crippen LogP contribution in [0.15, 0.2) is 48.5 Å². The molecule has 0 radical (unpaired) electrons. The SMILES string of the molecule is COC1C(CO)OC(n2c3ccccc3c3c4c(c5c6ccccc6[nH]c5c32)C(=O)NC4=O)C(O)C1OC(=O)C(N)CCCCN.Cl. The number of carbonyl (C=O) groups is 3. The fourth-order valence-electron chi connectivity index (χ4n) is 7.07. The minimum absolute atomic E-state index is 0. The lowest BCUT2D eigenvalue weighted by Gasteiger charge is -2.44. The van der Waals surface area contributed by atoms with Gasteiger partial charge in [0.15, 0.2) is 12.3 Å². The van der Waals surface area contributed by atoms with Gasteiger partial charge in [0.05, 0.1) is 34.3 Å². The van der Waals surface area contributed by atoms with Gasteiger partial charge in [-0.3, -0.25) is 19.7 Å². The normalized spacial score (nSPS) is 23.3. The van der Waals surface area contributed by atoms with Gasteiger partial charge < -0.3 is 45.4 Å². The highest BCUT2D eigenvalue weighted by atomic mass is 35.5. The van der Waals surface area contributed by atoms with Crippen molar-refractivity contribution in [2.24, 2.45) is 11.5 Å². The van der Waals surface area contributed by atoms with E-state index in [4.69, 9.17) is 25.7 Å². The summed E-state index contributed by atoms with van der Waals surface area (Å²) in [5.74, 6) is -1.76. The number of hydrogen-bond acceptors (Lipinski definition) is 10. The standard InChI is InChI=1S/C33H35N5O8.ClH/c1-44-28-20(14-39)45-32(27(40)29(28)46-33(43)17(35)10-6-7-13-34)38-19-12-5-3-9-16(19)22-24-23(30(41)37-31(24)42)21-15-8-2-4-11-18(15)36-25(21)26(22)38;/h2-5,8-9,11-12,17,20,27-29,32,36,39-40H,6-7,10,13-14,34-35H2,1H3,(H,37,41,42);1H. The third-order valence-electron chi connectivity index (χ3n) is 9.15. The van der Waals surface area contributed by atoms with E-state index in [-0.39, 0.29) is 23.5 Å². The van der Waals surface area contributed by atoms with E-state index in [1.54, 1.807) is 10.6 Å². The first kappa shape index (κ1) is 32.8. The van der Waals surface area contributed by atoms with Crippen molar-refractivity contribution in [3.63, 3.8) is 0 Å². The number of methoxy groups -OCH3 is 1. The molecule has 0 spiro atoms. The number of rotatable bonds is 9. The quantitative estimate of drug-likeness (QED) is 0.0770. The molecule has 0 aliphatic carbocycles. The third kappa shape index (κ3) is 5.06. The highest BCUT2D eigenvalue weighted by molar-refractivity contribution is 6.39. The lowest BCUT2D eigenvalue weighted by molar-refractivity contribution is -0.261. The van der Waals surface area contributed by atoms with E-state index in [1.165, 1.54) is 7.11 Å². The number of aliphatic hydroxyl groups is 2. The van der Waals surface area contributed by atoms with Crippen LogP contribution in [0.25, 0.3) is 43.6 Å². The van der Waals surface area contributed by atoms with Crippen molar-refractivity contribution in [3.8, 4) is 0 Å². The average Bonchev–Trinajstić information content (AvgIpc) is 3.70. The van der Waals surface area contributed by atoms with Crippen molar-refractivity contribution >= 4 is 73.8 Å². The third-order valence-corrected chi connectivity index (χ3v) is 9.15. The largest absolute Gasteiger partial charge is 0.455 e. The summed E-state index contributed by atoms with van der Waals surface area (Å²) >= 11 is 0. The van der Waals surface area contributed by atoms with Crippen LogP contribution in [0.4, 0.5) is 0 Å². The van der Waals surface area contributed by atoms with E-state index in [2.05, 4.69) is 10.3 Å². The average molecular weight is 666 g/mol. The van der Waals surface area contributed by atoms with Crippen LogP contribution in [-0.2, 0) is 19.0 Å². The number of nitrogens with zero attached hydrogens (tertiary/aromatic N) is 1. The van der Waals surface area contributed by atoms with Crippen LogP contribution in [0, 0.1) is 0 Å². The number of amides is 2. The van der Waals surface area contributed by atoms with Gasteiger partial charge in [-0.05, 0) is 31.5 Å². The minimum atomic E-state index is -1.50. The molecule has 0 saturated carbocycles. The van der Waals surface area contributed by atoms with E-state index in [9.17, 15) is 24.6 Å². The number of H-pyrrole nitrogens is 1. The molecule has 2 aliphatic rings. The molecule has 8 N–H and O–H groups in total. The van der Waals surface area contributed by atoms with Gasteiger partial charge in [0.2, 0.25) is 0 Å². The number of hydrogen-bond donors (Lipinski definition) is 6. The smallest absolute Gasteiger partial charge is 0.323 e. The minimum Gasteiger partial charge on any atom is -0.455 e. The summed E-state index contributed by atoms with van der Waals surface area (Å²) in [7, 11) is 1.37. The Morgan fingerprint density at radius 3 is 2.40 bits per heavy atom. The van der Waals surface area contributed by atoms with E-state index in [0.717, 1.165) is 10.9 Å². The summed E-state index contributed by atoms with van der Waals surface area (Å²) < 4.78 is 19.6. The van der Waals surface area contributed by atoms with Gasteiger partial charge in [-0.25, -0.2) is 0 Å². The van der Waals surface area contributed by atoms with Crippen LogP contribution in [0.3, 0.4) is 0 Å². The molecular weight excluding hydrogens is 630 g/mol. The molecule has 1 fully saturated rings. The number of aromatic amines is 1. The Balaban J connectivity index is 0.00000386. The van der Waals surface area contributed by atoms with Gasteiger partial charge in [-0.2, -0.15) is 0 Å². The molecule has 3 aromatic carbocycles. The first-order valence-corrected chi connectivity index (χ1v) is 15.3. The van der Waals surface area contributed by atoms with Gasteiger partial charge in [0.1, 0.15) is 24.4 Å². The molecule has 4 heterocycles. The molecule has 2 amide bonds. The van der Waals surface area contributed by atoms with Crippen LogP contribution in [0.5, 0.6) is 0 Å². The van der Waals surface area contributed by atoms with Crippen LogP contribution in [0.1, 0.15) is 46.2 Å². The molecule has 7 rings (SSSR count). The summed E-state index contributed by atoms with van der Waals surface area (Å²) in [5.41, 5.74) is 14.6. The molecule has 47 heavy (non-hydrogen) atoms. The molecule has 248 valence electrons. The zero-order valence-electron chi connectivity index (χ0n) is 25.5. The topological polar surface area (TPSA) is 204 Å². The van der Waals surface area contributed by atoms with E-state index in [1.807, 2.05) is 42.5 Å². The van der Waals surface area contributed by atoms with Crippen molar-refractivity contribution in [1.82, 2.24) is 14.9 Å². The van der Waals surface area contributed by atoms with Crippen LogP contribution in [0.2, 0.25) is 0 Å². The Hall–Kier alpha value is -4.08. The number of para-hydroxylation sites is 2. The monoisotopic (exact) mass is 665 g/mol. The molecule has 14 heteroatoms. The Morgan fingerprint density at radius 1 is 1.02 bits per heavy atom. The zero-order chi connectivity index (χ0) is 32.3. The number of fused-ring (bicyclic) bond motifs is 10. The summed E-state index contributed by atoms with van der Waals surface area (Å²) in [6.07, 6.45) is -4.39. The highest BCUT2D eigenvalue weighted by Gasteiger charge is 2.50. The molecule has 13 nitrogen and oxygen atoms in total. The Labute approximate surface area is 274 Å². The van der Waals surface area contributed by atoms with Crippen molar-refractivity contribution in [2.45, 2.75) is 55.9 Å². The molecule has 2 aliphatic heterocycles. The maximum absolute atomic E-state index is 13.4. The number of nitrogens with two attached hydrogens (primary N) is 2. The van der Waals surface area contributed by atoms with Crippen molar-refractivity contribution in [1.29, 1.82) is 0 Å². The van der Waals surface area contributed by atoms with Gasteiger partial charge in [-0.1, -0.05) is 42.8 Å². The number of imide groups is 1. The summed E-state index contributed by atoms with van der Waals surface area (Å²) in [5, 5.41) is 27.3. The number of ether oxygens (including phenoxy) is 3. The van der Waals surface area contributed by atoms with Crippen LogP contribution < -0.4 is 16.8 Å². The fourth-order valence-corrected chi connectivity index (χ4v) is 7.07. The molecule has 6 unspecified atom stereocenters. The van der Waals surface area contributed by atoms with Gasteiger partial charge in [-0.15, -0.1) is 12.4 Å². The van der Waals surface area contributed by atoms with Crippen molar-refractivity contribution < 1.29 is 38.8 Å². The van der Waals surface area contributed by atoms with Crippen LogP contribution >= 0.6 is 12.4 Å². The number of benzene rings is 3. The Bertz CT molecular complexity index is 2020. The second-order valence-electron chi connectivity index (χ2n) is 11.8. The molecular formula is C33H36ClN5O8. The predicted octanol–water partition coefficient (Wildman–Crippen LogP) is 2.37. The number of halogens is 1. The maximum atomic E-state index is 13.4. The summed E-state index contributed by atoms with van der Waals surface area (Å²) in [4.78, 5) is 43.3. The molecule has 5 aromatic rings. The molecule has 2 aromatic heterocycles. The molecule has 1 saturated heterocycles. The molecule has 0 bridgehead atoms. The maximum Gasteiger partial charge on any atom is 0.323 e. The number of aliphatic hydroxyl groups excluding tert-OH is 2. The van der Waals surface area contributed by atoms with E-state index in [0.29, 0.717) is 58.5 Å². The van der Waals surface area contributed by atoms with Crippen molar-refractivity contribution in [2.75, 3.05) is 20.3 Å². The second kappa shape index (κ2) is 12.8. The number of aromatic nitrogens is 2. The first-order valence-electron chi connectivity index (χ1n) is 15.3. The van der Waals surface area contributed by atoms with Crippen molar-refractivity contribution in [3.05, 3.63) is 59.7 Å². The lowest BCUT2D eigenvalue weighted by atomic mass is 9.96. The Kier molecular flexibility index (Phi) is 8.98. The van der Waals surface area contributed by atoms with Crippen LogP contribution in [-0.4, -0.2) is 88.3 Å². The fraction of sp³-hybridized carbons (Fsp3) is 0.364. The molecule has 6 atom stereocenters. The number of unbranched alkanes of at least 4 members (excludes halogenated alkanes) is 1. The van der Waals surface area contributed by atoms with E-state index >= 15 is 0 Å². The predicted molar refractivity (Wildman–Crippen MR) is 176 cm³/mol. The van der Waals surface area contributed by atoms with Gasteiger partial charge in [0, 0.05) is 34.2 Å². The van der Waals surface area contributed by atoms with Gasteiger partial charge in [0.25, 0.3) is 11.8 Å². The number of carbonyl (C=O) groups excluding carboxylic acids is 3.